The molecule has 5 rings (SSSR count). The van der Waals surface area contributed by atoms with Gasteiger partial charge in [0.05, 0.1) is 25.7 Å². The molecule has 0 saturated carbocycles. The number of allylic oxidation sites excluding steroid dienone is 1. The monoisotopic (exact) mass is 531 g/mol. The largest absolute Gasteiger partial charge is 0.469 e. The third kappa shape index (κ3) is 4.52. The number of hydrogen-bond donors (Lipinski definition) is 0. The van der Waals surface area contributed by atoms with Crippen molar-refractivity contribution in [3.8, 4) is 11.1 Å². The van der Waals surface area contributed by atoms with E-state index in [4.69, 9.17) is 9.47 Å². The summed E-state index contributed by atoms with van der Waals surface area (Å²) in [6, 6.07) is 35.8. The van der Waals surface area contributed by atoms with Crippen LogP contribution < -0.4 is 0 Å². The fourth-order valence-electron chi connectivity index (χ4n) is 6.20. The average Bonchev–Trinajstić information content (AvgIpc) is 3.31. The summed E-state index contributed by atoms with van der Waals surface area (Å²) in [7, 11) is 2.71. The molecule has 4 aromatic rings. The highest BCUT2D eigenvalue weighted by Crippen LogP contribution is 2.55. The lowest BCUT2D eigenvalue weighted by Gasteiger charge is -2.48. The number of carbonyl (C=O) groups excluding carboxylic acids is 2. The molecule has 0 aromatic heterocycles. The van der Waals surface area contributed by atoms with Crippen LogP contribution in [0.4, 0.5) is 0 Å². The zero-order chi connectivity index (χ0) is 28.1. The Hall–Kier alpha value is -4.48. The van der Waals surface area contributed by atoms with Gasteiger partial charge in [-0.3, -0.25) is 14.5 Å². The molecular weight excluding hydrogens is 498 g/mol. The highest BCUT2D eigenvalue weighted by atomic mass is 16.5. The summed E-state index contributed by atoms with van der Waals surface area (Å²) in [5.74, 6) is -1.85. The van der Waals surface area contributed by atoms with Crippen LogP contribution in [0.1, 0.15) is 28.7 Å². The van der Waals surface area contributed by atoms with E-state index in [0.717, 1.165) is 33.4 Å². The number of ether oxygens (including phenoxy) is 2. The van der Waals surface area contributed by atoms with Gasteiger partial charge in [-0.05, 0) is 39.8 Å². The van der Waals surface area contributed by atoms with Crippen molar-refractivity contribution in [1.82, 2.24) is 4.90 Å². The smallest absolute Gasteiger partial charge is 0.324 e. The number of fused-ring (bicyclic) bond motifs is 3. The number of hydrogen-bond acceptors (Lipinski definition) is 5. The normalized spacial score (nSPS) is 14.5. The minimum absolute atomic E-state index is 0.242. The van der Waals surface area contributed by atoms with Gasteiger partial charge in [-0.2, -0.15) is 0 Å². The van der Waals surface area contributed by atoms with Crippen molar-refractivity contribution in [1.29, 1.82) is 0 Å². The highest BCUT2D eigenvalue weighted by molar-refractivity contribution is 5.87. The van der Waals surface area contributed by atoms with Gasteiger partial charge >= 0.3 is 11.9 Å². The minimum atomic E-state index is -0.991. The van der Waals surface area contributed by atoms with E-state index < -0.39 is 29.4 Å². The van der Waals surface area contributed by atoms with Crippen LogP contribution >= 0.6 is 0 Å². The van der Waals surface area contributed by atoms with Crippen LogP contribution in [0.25, 0.3) is 11.1 Å². The lowest BCUT2D eigenvalue weighted by atomic mass is 9.76. The summed E-state index contributed by atoms with van der Waals surface area (Å²) in [4.78, 5) is 29.4. The summed E-state index contributed by atoms with van der Waals surface area (Å²) in [5, 5.41) is 0. The van der Waals surface area contributed by atoms with E-state index >= 15 is 0 Å². The first-order valence-corrected chi connectivity index (χ1v) is 13.4. The SMILES string of the molecule is C=CC[C@@H](C(=O)OC)[C@H](C(=O)OC)N(Cc1ccccc1)C1(c2ccccc2)c2ccccc2-c2ccccc21. The van der Waals surface area contributed by atoms with Crippen LogP contribution in [0.5, 0.6) is 0 Å². The number of esters is 2. The standard InChI is InChI=1S/C35H33NO4/c1-4-15-29(33(37)39-2)32(34(38)40-3)36(24-25-16-7-5-8-17-25)35(26-18-9-6-10-19-26)30-22-13-11-20-27(30)28-21-12-14-23-31(28)35/h4-14,16-23,29,32H,1,15,24H2,2-3H3/t29-,32-/m1/s1. The maximum Gasteiger partial charge on any atom is 0.324 e. The molecule has 4 aromatic carbocycles. The molecule has 1 aliphatic rings. The average molecular weight is 532 g/mol. The topological polar surface area (TPSA) is 55.8 Å². The Kier molecular flexibility index (Phi) is 7.94. The first-order valence-electron chi connectivity index (χ1n) is 13.4. The summed E-state index contributed by atoms with van der Waals surface area (Å²) >= 11 is 0. The van der Waals surface area contributed by atoms with E-state index in [1.165, 1.54) is 14.2 Å². The van der Waals surface area contributed by atoms with Crippen LogP contribution in [-0.4, -0.2) is 37.1 Å². The molecule has 0 fully saturated rings. The van der Waals surface area contributed by atoms with Crippen LogP contribution in [-0.2, 0) is 31.1 Å². The second kappa shape index (κ2) is 11.7. The van der Waals surface area contributed by atoms with Crippen LogP contribution in [0.3, 0.4) is 0 Å². The first-order chi connectivity index (χ1) is 19.6. The molecule has 0 unspecified atom stereocenters. The van der Waals surface area contributed by atoms with Gasteiger partial charge in [0.15, 0.2) is 0 Å². The molecule has 1 aliphatic carbocycles. The van der Waals surface area contributed by atoms with Crippen molar-refractivity contribution in [2.75, 3.05) is 14.2 Å². The van der Waals surface area contributed by atoms with E-state index in [9.17, 15) is 9.59 Å². The van der Waals surface area contributed by atoms with Crippen molar-refractivity contribution in [2.45, 2.75) is 24.5 Å². The zero-order valence-electron chi connectivity index (χ0n) is 22.8. The van der Waals surface area contributed by atoms with Crippen molar-refractivity contribution >= 4 is 11.9 Å². The van der Waals surface area contributed by atoms with E-state index in [1.807, 2.05) is 72.8 Å². The molecule has 0 bridgehead atoms. The molecule has 0 amide bonds. The van der Waals surface area contributed by atoms with Crippen LogP contribution in [0, 0.1) is 5.92 Å². The molecule has 2 atom stereocenters. The van der Waals surface area contributed by atoms with E-state index in [-0.39, 0.29) is 6.42 Å². The lowest BCUT2D eigenvalue weighted by molar-refractivity contribution is -0.162. The van der Waals surface area contributed by atoms with Gasteiger partial charge in [0.25, 0.3) is 0 Å². The predicted octanol–water partition coefficient (Wildman–Crippen LogP) is 6.37. The zero-order valence-corrected chi connectivity index (χ0v) is 22.8. The second-order valence-corrected chi connectivity index (χ2v) is 9.90. The Morgan fingerprint density at radius 1 is 0.750 bits per heavy atom. The molecule has 0 N–H and O–H groups in total. The van der Waals surface area contributed by atoms with E-state index in [0.29, 0.717) is 6.54 Å². The first kappa shape index (κ1) is 27.1. The molecule has 0 spiro atoms. The number of rotatable bonds is 10. The quantitative estimate of drug-likeness (QED) is 0.176. The Morgan fingerprint density at radius 2 is 1.25 bits per heavy atom. The molecule has 40 heavy (non-hydrogen) atoms. The maximum atomic E-state index is 13.9. The van der Waals surface area contributed by atoms with Gasteiger partial charge in [-0.15, -0.1) is 6.58 Å². The fraction of sp³-hybridized carbons (Fsp3) is 0.200. The summed E-state index contributed by atoms with van der Waals surface area (Å²) in [6.45, 7) is 4.26. The predicted molar refractivity (Wildman–Crippen MR) is 156 cm³/mol. The van der Waals surface area contributed by atoms with Crippen LogP contribution in [0.2, 0.25) is 0 Å². The van der Waals surface area contributed by atoms with Gasteiger partial charge in [0, 0.05) is 6.54 Å². The molecular formula is C35H33NO4. The van der Waals surface area contributed by atoms with Crippen molar-refractivity contribution in [3.63, 3.8) is 0 Å². The van der Waals surface area contributed by atoms with Gasteiger partial charge in [-0.1, -0.05) is 115 Å². The second-order valence-electron chi connectivity index (χ2n) is 9.90. The fourth-order valence-corrected chi connectivity index (χ4v) is 6.20. The molecule has 0 aliphatic heterocycles. The Bertz CT molecular complexity index is 1450. The number of carbonyl (C=O) groups is 2. The molecule has 5 heteroatoms. The maximum absolute atomic E-state index is 13.9. The summed E-state index contributed by atoms with van der Waals surface area (Å²) in [5.41, 5.74) is 5.31. The molecule has 5 nitrogen and oxygen atoms in total. The van der Waals surface area contributed by atoms with Crippen molar-refractivity contribution in [3.05, 3.63) is 144 Å². The number of methoxy groups -OCH3 is 2. The third-order valence-corrected chi connectivity index (χ3v) is 7.83. The molecule has 0 radical (unpaired) electrons. The lowest BCUT2D eigenvalue weighted by Crippen LogP contribution is -2.58. The summed E-state index contributed by atoms with van der Waals surface area (Å²) < 4.78 is 10.7. The van der Waals surface area contributed by atoms with Gasteiger partial charge in [0.1, 0.15) is 6.04 Å². The van der Waals surface area contributed by atoms with Crippen LogP contribution in [0.15, 0.2) is 122 Å². The van der Waals surface area contributed by atoms with Crippen molar-refractivity contribution < 1.29 is 19.1 Å². The minimum Gasteiger partial charge on any atom is -0.469 e. The molecule has 202 valence electrons. The highest BCUT2D eigenvalue weighted by Gasteiger charge is 2.54. The molecule has 0 saturated heterocycles. The van der Waals surface area contributed by atoms with Gasteiger partial charge in [-0.25, -0.2) is 0 Å². The Morgan fingerprint density at radius 3 is 1.77 bits per heavy atom. The van der Waals surface area contributed by atoms with Gasteiger partial charge in [0.2, 0.25) is 0 Å². The molecule has 0 heterocycles. The Balaban J connectivity index is 1.90. The van der Waals surface area contributed by atoms with Crippen molar-refractivity contribution in [2.24, 2.45) is 5.92 Å². The number of benzene rings is 4. The summed E-state index contributed by atoms with van der Waals surface area (Å²) in [6.07, 6.45) is 1.90. The Labute approximate surface area is 235 Å². The number of nitrogens with zero attached hydrogens (tertiary/aromatic N) is 1. The van der Waals surface area contributed by atoms with E-state index in [1.54, 1.807) is 6.08 Å². The van der Waals surface area contributed by atoms with E-state index in [2.05, 4.69) is 47.9 Å². The third-order valence-electron chi connectivity index (χ3n) is 7.83. The van der Waals surface area contributed by atoms with Gasteiger partial charge < -0.3 is 9.47 Å².